The van der Waals surface area contributed by atoms with E-state index in [2.05, 4.69) is 5.32 Å². The molecule has 0 spiro atoms. The molecule has 0 aliphatic rings. The van der Waals surface area contributed by atoms with Gasteiger partial charge in [-0.05, 0) is 37.5 Å². The highest BCUT2D eigenvalue weighted by Crippen LogP contribution is 2.31. The Morgan fingerprint density at radius 2 is 1.62 bits per heavy atom. The van der Waals surface area contributed by atoms with Gasteiger partial charge < -0.3 is 20.5 Å². The highest BCUT2D eigenvalue weighted by molar-refractivity contribution is 5.98. The van der Waals surface area contributed by atoms with Crippen LogP contribution in [0.15, 0.2) is 48.5 Å². The SMILES string of the molecule is CCCOc1ccc(NC(=O)C(C)(N)c2ccccc2)cc1OCCC. The lowest BCUT2D eigenvalue weighted by Crippen LogP contribution is -2.45. The number of anilines is 1. The molecule has 0 saturated carbocycles. The summed E-state index contributed by atoms with van der Waals surface area (Å²) in [5.41, 5.74) is 6.51. The van der Waals surface area contributed by atoms with Crippen LogP contribution in [0.25, 0.3) is 0 Å². The Hall–Kier alpha value is -2.53. The second kappa shape index (κ2) is 9.25. The van der Waals surface area contributed by atoms with Crippen LogP contribution in [0.2, 0.25) is 0 Å². The number of hydrogen-bond acceptors (Lipinski definition) is 4. The van der Waals surface area contributed by atoms with Crippen LogP contribution in [0.5, 0.6) is 11.5 Å². The first kappa shape index (κ1) is 19.8. The Morgan fingerprint density at radius 3 is 2.23 bits per heavy atom. The van der Waals surface area contributed by atoms with Crippen LogP contribution in [-0.2, 0) is 10.3 Å². The molecule has 5 nitrogen and oxygen atoms in total. The fraction of sp³-hybridized carbons (Fsp3) is 0.381. The van der Waals surface area contributed by atoms with Gasteiger partial charge in [0.05, 0.1) is 13.2 Å². The molecule has 2 aromatic carbocycles. The zero-order valence-corrected chi connectivity index (χ0v) is 15.7. The van der Waals surface area contributed by atoms with Crippen molar-refractivity contribution in [2.24, 2.45) is 5.73 Å². The first-order valence-corrected chi connectivity index (χ1v) is 9.04. The minimum absolute atomic E-state index is 0.285. The zero-order chi connectivity index (χ0) is 19.0. The highest BCUT2D eigenvalue weighted by atomic mass is 16.5. The molecule has 0 aliphatic heterocycles. The molecule has 5 heteroatoms. The number of carbonyl (C=O) groups excluding carboxylic acids is 1. The summed E-state index contributed by atoms with van der Waals surface area (Å²) >= 11 is 0. The van der Waals surface area contributed by atoms with Gasteiger partial charge in [-0.1, -0.05) is 44.2 Å². The van der Waals surface area contributed by atoms with Crippen LogP contribution in [0.1, 0.15) is 39.2 Å². The van der Waals surface area contributed by atoms with Gasteiger partial charge in [0.15, 0.2) is 11.5 Å². The van der Waals surface area contributed by atoms with E-state index in [1.54, 1.807) is 19.1 Å². The van der Waals surface area contributed by atoms with Crippen molar-refractivity contribution in [3.63, 3.8) is 0 Å². The van der Waals surface area contributed by atoms with Crippen molar-refractivity contribution < 1.29 is 14.3 Å². The smallest absolute Gasteiger partial charge is 0.248 e. The Bertz CT molecular complexity index is 714. The van der Waals surface area contributed by atoms with Gasteiger partial charge in [-0.25, -0.2) is 0 Å². The van der Waals surface area contributed by atoms with Gasteiger partial charge in [-0.2, -0.15) is 0 Å². The Kier molecular flexibility index (Phi) is 7.04. The first-order chi connectivity index (χ1) is 12.5. The van der Waals surface area contributed by atoms with E-state index >= 15 is 0 Å². The molecule has 2 rings (SSSR count). The van der Waals surface area contributed by atoms with Crippen molar-refractivity contribution in [1.29, 1.82) is 0 Å². The van der Waals surface area contributed by atoms with Crippen LogP contribution in [-0.4, -0.2) is 19.1 Å². The Morgan fingerprint density at radius 1 is 1.00 bits per heavy atom. The molecule has 1 atom stereocenters. The van der Waals surface area contributed by atoms with Gasteiger partial charge in [0, 0.05) is 11.8 Å². The summed E-state index contributed by atoms with van der Waals surface area (Å²) < 4.78 is 11.5. The summed E-state index contributed by atoms with van der Waals surface area (Å²) in [5.74, 6) is 1.01. The Labute approximate surface area is 155 Å². The van der Waals surface area contributed by atoms with Crippen molar-refractivity contribution in [1.82, 2.24) is 0 Å². The molecule has 3 N–H and O–H groups in total. The number of hydrogen-bond donors (Lipinski definition) is 2. The maximum atomic E-state index is 12.7. The molecule has 2 aromatic rings. The predicted octanol–water partition coefficient (Wildman–Crippen LogP) is 4.08. The van der Waals surface area contributed by atoms with Gasteiger partial charge >= 0.3 is 0 Å². The number of rotatable bonds is 9. The van der Waals surface area contributed by atoms with E-state index in [1.807, 2.05) is 50.2 Å². The topological polar surface area (TPSA) is 73.6 Å². The second-order valence-electron chi connectivity index (χ2n) is 6.38. The first-order valence-electron chi connectivity index (χ1n) is 9.04. The molecule has 0 aromatic heterocycles. The lowest BCUT2D eigenvalue weighted by Gasteiger charge is -2.24. The number of nitrogens with one attached hydrogen (secondary N) is 1. The van der Waals surface area contributed by atoms with Crippen molar-refractivity contribution in [3.05, 3.63) is 54.1 Å². The Balaban J connectivity index is 2.18. The summed E-state index contributed by atoms with van der Waals surface area (Å²) in [5, 5.41) is 2.88. The molecule has 0 fully saturated rings. The standard InChI is InChI=1S/C21H28N2O3/c1-4-13-25-18-12-11-17(15-19(18)26-14-5-2)23-20(24)21(3,22)16-9-7-6-8-10-16/h6-12,15H,4-5,13-14,22H2,1-3H3,(H,23,24). The van der Waals surface area contributed by atoms with E-state index in [1.165, 1.54) is 0 Å². The third-order valence-corrected chi connectivity index (χ3v) is 3.97. The fourth-order valence-corrected chi connectivity index (χ4v) is 2.42. The molecule has 0 aliphatic carbocycles. The third-order valence-electron chi connectivity index (χ3n) is 3.97. The number of ether oxygens (including phenoxy) is 2. The molecule has 0 radical (unpaired) electrons. The maximum Gasteiger partial charge on any atom is 0.248 e. The van der Waals surface area contributed by atoms with Crippen LogP contribution < -0.4 is 20.5 Å². The van der Waals surface area contributed by atoms with Gasteiger partial charge in [0.1, 0.15) is 5.54 Å². The van der Waals surface area contributed by atoms with E-state index in [9.17, 15) is 4.79 Å². The normalized spacial score (nSPS) is 12.9. The van der Waals surface area contributed by atoms with E-state index < -0.39 is 5.54 Å². The summed E-state index contributed by atoms with van der Waals surface area (Å²) in [7, 11) is 0. The third kappa shape index (κ3) is 4.99. The van der Waals surface area contributed by atoms with E-state index in [0.29, 0.717) is 30.4 Å². The molecule has 1 unspecified atom stereocenters. The number of nitrogens with two attached hydrogens (primary N) is 1. The van der Waals surface area contributed by atoms with Gasteiger partial charge in [-0.15, -0.1) is 0 Å². The van der Waals surface area contributed by atoms with Crippen LogP contribution in [0, 0.1) is 0 Å². The van der Waals surface area contributed by atoms with Gasteiger partial charge in [-0.3, -0.25) is 4.79 Å². The number of amides is 1. The minimum atomic E-state index is -1.14. The van der Waals surface area contributed by atoms with Crippen molar-refractivity contribution >= 4 is 11.6 Å². The molecule has 26 heavy (non-hydrogen) atoms. The molecular formula is C21H28N2O3. The van der Waals surface area contributed by atoms with Crippen molar-refractivity contribution in [3.8, 4) is 11.5 Å². The number of benzene rings is 2. The lowest BCUT2D eigenvalue weighted by molar-refractivity contribution is -0.120. The van der Waals surface area contributed by atoms with Crippen LogP contribution in [0.3, 0.4) is 0 Å². The number of carbonyl (C=O) groups is 1. The lowest BCUT2D eigenvalue weighted by atomic mass is 9.92. The summed E-state index contributed by atoms with van der Waals surface area (Å²) in [6, 6.07) is 14.7. The largest absolute Gasteiger partial charge is 0.490 e. The quantitative estimate of drug-likeness (QED) is 0.710. The van der Waals surface area contributed by atoms with Crippen LogP contribution >= 0.6 is 0 Å². The molecular weight excluding hydrogens is 328 g/mol. The second-order valence-corrected chi connectivity index (χ2v) is 6.38. The molecule has 0 bridgehead atoms. The summed E-state index contributed by atoms with van der Waals surface area (Å²) in [6.45, 7) is 6.98. The summed E-state index contributed by atoms with van der Waals surface area (Å²) in [6.07, 6.45) is 1.80. The average Bonchev–Trinajstić information content (AvgIpc) is 2.66. The van der Waals surface area contributed by atoms with E-state index in [4.69, 9.17) is 15.2 Å². The zero-order valence-electron chi connectivity index (χ0n) is 15.7. The minimum Gasteiger partial charge on any atom is -0.490 e. The van der Waals surface area contributed by atoms with E-state index in [-0.39, 0.29) is 5.91 Å². The molecule has 140 valence electrons. The predicted molar refractivity (Wildman–Crippen MR) is 105 cm³/mol. The van der Waals surface area contributed by atoms with Crippen LogP contribution in [0.4, 0.5) is 5.69 Å². The fourth-order valence-electron chi connectivity index (χ4n) is 2.42. The summed E-state index contributed by atoms with van der Waals surface area (Å²) in [4.78, 5) is 12.7. The highest BCUT2D eigenvalue weighted by Gasteiger charge is 2.30. The van der Waals surface area contributed by atoms with Gasteiger partial charge in [0.2, 0.25) is 5.91 Å². The van der Waals surface area contributed by atoms with Crippen molar-refractivity contribution in [2.45, 2.75) is 39.2 Å². The molecule has 0 saturated heterocycles. The molecule has 1 amide bonds. The average molecular weight is 356 g/mol. The molecule has 0 heterocycles. The van der Waals surface area contributed by atoms with Crippen molar-refractivity contribution in [2.75, 3.05) is 18.5 Å². The monoisotopic (exact) mass is 356 g/mol. The van der Waals surface area contributed by atoms with E-state index in [0.717, 1.165) is 18.4 Å². The maximum absolute atomic E-state index is 12.7. The van der Waals surface area contributed by atoms with Gasteiger partial charge in [0.25, 0.3) is 0 Å².